The summed E-state index contributed by atoms with van der Waals surface area (Å²) in [5.74, 6) is -2.11. The Bertz CT molecular complexity index is 765. The molecule has 0 saturated carbocycles. The Morgan fingerprint density at radius 2 is 2.00 bits per heavy atom. The van der Waals surface area contributed by atoms with Crippen LogP contribution in [0.15, 0.2) is 29.4 Å². The second-order valence-electron chi connectivity index (χ2n) is 5.00. The number of hydrogen-bond acceptors (Lipinski definition) is 4. The van der Waals surface area contributed by atoms with Gasteiger partial charge in [-0.15, -0.1) is 0 Å². The highest BCUT2D eigenvalue weighted by Gasteiger charge is 2.12. The summed E-state index contributed by atoms with van der Waals surface area (Å²) in [6.45, 7) is 4.31. The minimum Gasteiger partial charge on any atom is -0.361 e. The Hall–Kier alpha value is -2.67. The molecule has 0 radical (unpaired) electrons. The molecule has 8 heteroatoms. The average Bonchev–Trinajstić information content (AvgIpc) is 2.76. The van der Waals surface area contributed by atoms with Gasteiger partial charge < -0.3 is 5.73 Å². The molecule has 0 saturated heterocycles. The van der Waals surface area contributed by atoms with E-state index in [1.54, 1.807) is 11.6 Å². The molecule has 0 fully saturated rings. The highest BCUT2D eigenvalue weighted by molar-refractivity contribution is 6.34. The summed E-state index contributed by atoms with van der Waals surface area (Å²) in [7, 11) is 0. The molecule has 0 aliphatic carbocycles. The van der Waals surface area contributed by atoms with Crippen molar-refractivity contribution in [3.63, 3.8) is 0 Å². The minimum absolute atomic E-state index is 0.389. The number of aromatic nitrogens is 2. The van der Waals surface area contributed by atoms with Gasteiger partial charge in [0.05, 0.1) is 24.0 Å². The maximum atomic E-state index is 11.0. The molecule has 7 nitrogen and oxygen atoms in total. The molecular weight excluding hydrogens is 318 g/mol. The average molecular weight is 334 g/mol. The summed E-state index contributed by atoms with van der Waals surface area (Å²) in [5, 5.41) is 8.39. The van der Waals surface area contributed by atoms with Gasteiger partial charge >= 0.3 is 11.8 Å². The molecular formula is C15H16ClN5O2. The number of hydrazone groups is 1. The van der Waals surface area contributed by atoms with E-state index in [4.69, 9.17) is 17.3 Å². The highest BCUT2D eigenvalue weighted by Crippen LogP contribution is 2.19. The summed E-state index contributed by atoms with van der Waals surface area (Å²) < 4.78 is 1.64. The Balaban J connectivity index is 2.15. The summed E-state index contributed by atoms with van der Waals surface area (Å²) >= 11 is 6.29. The van der Waals surface area contributed by atoms with E-state index in [-0.39, 0.29) is 0 Å². The fourth-order valence-electron chi connectivity index (χ4n) is 1.90. The molecule has 2 rings (SSSR count). The molecule has 2 aromatic rings. The van der Waals surface area contributed by atoms with Crippen LogP contribution in [-0.2, 0) is 16.1 Å². The third kappa shape index (κ3) is 4.17. The van der Waals surface area contributed by atoms with Gasteiger partial charge in [0.25, 0.3) is 0 Å². The lowest BCUT2D eigenvalue weighted by atomic mass is 10.1. The van der Waals surface area contributed by atoms with Crippen LogP contribution in [-0.4, -0.2) is 27.8 Å². The van der Waals surface area contributed by atoms with Crippen LogP contribution >= 0.6 is 11.6 Å². The molecule has 1 aromatic carbocycles. The van der Waals surface area contributed by atoms with Gasteiger partial charge in [0.1, 0.15) is 5.15 Å². The van der Waals surface area contributed by atoms with Crippen molar-refractivity contribution in [1.82, 2.24) is 15.2 Å². The smallest absolute Gasteiger partial charge is 0.329 e. The molecule has 0 atom stereocenters. The SMILES string of the molecule is Cc1ccc(Cn2nc(C)c(/C=N\NC(=O)C(N)=O)c2Cl)cc1. The molecule has 2 amide bonds. The van der Waals surface area contributed by atoms with Crippen LogP contribution in [0.4, 0.5) is 0 Å². The van der Waals surface area contributed by atoms with Crippen LogP contribution in [0.5, 0.6) is 0 Å². The molecule has 23 heavy (non-hydrogen) atoms. The Morgan fingerprint density at radius 1 is 1.35 bits per heavy atom. The van der Waals surface area contributed by atoms with Crippen LogP contribution in [0.1, 0.15) is 22.4 Å². The van der Waals surface area contributed by atoms with Crippen LogP contribution in [0.25, 0.3) is 0 Å². The Morgan fingerprint density at radius 3 is 2.61 bits per heavy atom. The molecule has 3 N–H and O–H groups in total. The van der Waals surface area contributed by atoms with Crippen molar-refractivity contribution in [3.05, 3.63) is 51.8 Å². The lowest BCUT2D eigenvalue weighted by molar-refractivity contribution is -0.137. The van der Waals surface area contributed by atoms with Crippen LogP contribution in [0.3, 0.4) is 0 Å². The monoisotopic (exact) mass is 333 g/mol. The maximum absolute atomic E-state index is 11.0. The zero-order valence-electron chi connectivity index (χ0n) is 12.7. The van der Waals surface area contributed by atoms with E-state index in [9.17, 15) is 9.59 Å². The van der Waals surface area contributed by atoms with Crippen LogP contribution in [0, 0.1) is 13.8 Å². The van der Waals surface area contributed by atoms with Crippen LogP contribution < -0.4 is 11.2 Å². The number of benzene rings is 1. The van der Waals surface area contributed by atoms with Crippen molar-refractivity contribution >= 4 is 29.6 Å². The lowest BCUT2D eigenvalue weighted by Gasteiger charge is -2.04. The van der Waals surface area contributed by atoms with Gasteiger partial charge in [0.15, 0.2) is 0 Å². The summed E-state index contributed by atoms with van der Waals surface area (Å²) in [5.41, 5.74) is 10.3. The number of carbonyl (C=O) groups excluding carboxylic acids is 2. The number of nitrogens with two attached hydrogens (primary N) is 1. The van der Waals surface area contributed by atoms with Crippen molar-refractivity contribution in [3.8, 4) is 0 Å². The molecule has 0 aliphatic heterocycles. The van der Waals surface area contributed by atoms with Gasteiger partial charge in [-0.05, 0) is 19.4 Å². The Labute approximate surface area is 138 Å². The quantitative estimate of drug-likeness (QED) is 0.498. The highest BCUT2D eigenvalue weighted by atomic mass is 35.5. The molecule has 1 aromatic heterocycles. The number of nitrogens with one attached hydrogen (secondary N) is 1. The predicted octanol–water partition coefficient (Wildman–Crippen LogP) is 1.14. The normalized spacial score (nSPS) is 10.9. The van der Waals surface area contributed by atoms with E-state index in [1.165, 1.54) is 11.8 Å². The van der Waals surface area contributed by atoms with Gasteiger partial charge in [0.2, 0.25) is 0 Å². The van der Waals surface area contributed by atoms with Gasteiger partial charge in [-0.3, -0.25) is 9.59 Å². The third-order valence-corrected chi connectivity index (χ3v) is 3.54. The van der Waals surface area contributed by atoms with Gasteiger partial charge in [-0.25, -0.2) is 10.1 Å². The summed E-state index contributed by atoms with van der Waals surface area (Å²) in [6.07, 6.45) is 1.33. The zero-order chi connectivity index (χ0) is 17.0. The van der Waals surface area contributed by atoms with Gasteiger partial charge in [-0.2, -0.15) is 10.2 Å². The van der Waals surface area contributed by atoms with E-state index in [0.717, 1.165) is 5.56 Å². The number of hydrogen-bond donors (Lipinski definition) is 2. The molecule has 0 aliphatic rings. The molecule has 120 valence electrons. The van der Waals surface area contributed by atoms with Crippen molar-refractivity contribution < 1.29 is 9.59 Å². The first kappa shape index (κ1) is 16.7. The number of aryl methyl sites for hydroxylation is 2. The van der Waals surface area contributed by atoms with Crippen LogP contribution in [0.2, 0.25) is 5.15 Å². The van der Waals surface area contributed by atoms with Crippen molar-refractivity contribution in [2.45, 2.75) is 20.4 Å². The van der Waals surface area contributed by atoms with E-state index in [0.29, 0.717) is 23.0 Å². The van der Waals surface area contributed by atoms with Crippen molar-refractivity contribution in [2.24, 2.45) is 10.8 Å². The third-order valence-electron chi connectivity index (χ3n) is 3.15. The zero-order valence-corrected chi connectivity index (χ0v) is 13.5. The van der Waals surface area contributed by atoms with Gasteiger partial charge in [0, 0.05) is 0 Å². The topological polar surface area (TPSA) is 102 Å². The van der Waals surface area contributed by atoms with E-state index >= 15 is 0 Å². The number of amides is 2. The largest absolute Gasteiger partial charge is 0.361 e. The lowest BCUT2D eigenvalue weighted by Crippen LogP contribution is -2.32. The fourth-order valence-corrected chi connectivity index (χ4v) is 2.18. The second-order valence-corrected chi connectivity index (χ2v) is 5.35. The van der Waals surface area contributed by atoms with Gasteiger partial charge in [-0.1, -0.05) is 41.4 Å². The first-order valence-corrected chi connectivity index (χ1v) is 7.17. The Kier molecular flexibility index (Phi) is 5.13. The second kappa shape index (κ2) is 7.06. The summed E-state index contributed by atoms with van der Waals surface area (Å²) in [4.78, 5) is 21.6. The van der Waals surface area contributed by atoms with Crippen molar-refractivity contribution in [1.29, 1.82) is 0 Å². The van der Waals surface area contributed by atoms with E-state index in [2.05, 4.69) is 10.2 Å². The minimum atomic E-state index is -1.11. The van der Waals surface area contributed by atoms with E-state index < -0.39 is 11.8 Å². The number of rotatable bonds is 4. The molecule has 0 bridgehead atoms. The maximum Gasteiger partial charge on any atom is 0.329 e. The summed E-state index contributed by atoms with van der Waals surface area (Å²) in [6, 6.07) is 8.04. The first-order valence-electron chi connectivity index (χ1n) is 6.79. The van der Waals surface area contributed by atoms with Crippen molar-refractivity contribution in [2.75, 3.05) is 0 Å². The number of halogens is 1. The van der Waals surface area contributed by atoms with E-state index in [1.807, 2.05) is 36.6 Å². The fraction of sp³-hybridized carbons (Fsp3) is 0.200. The molecule has 0 spiro atoms. The number of nitrogens with zero attached hydrogens (tertiary/aromatic N) is 3. The molecule has 1 heterocycles. The molecule has 0 unspecified atom stereocenters. The standard InChI is InChI=1S/C15H16ClN5O2/c1-9-3-5-11(6-4-9)8-21-13(16)12(10(2)20-21)7-18-19-15(23)14(17)22/h3-7H,8H2,1-2H3,(H2,17,22)(H,19,23)/b18-7-. The number of primary amides is 1. The predicted molar refractivity (Wildman–Crippen MR) is 87.2 cm³/mol. The first-order chi connectivity index (χ1) is 10.9. The number of carbonyl (C=O) groups is 2.